The minimum Gasteiger partial charge on any atom is -0.382 e. The zero-order chi connectivity index (χ0) is 9.23. The summed E-state index contributed by atoms with van der Waals surface area (Å²) in [5, 5.41) is 0. The Hall–Kier alpha value is -0.560. The van der Waals surface area contributed by atoms with E-state index >= 15 is 0 Å². The summed E-state index contributed by atoms with van der Waals surface area (Å²) in [6, 6.07) is 0. The summed E-state index contributed by atoms with van der Waals surface area (Å²) in [6.45, 7) is 2.54. The zero-order valence-corrected chi connectivity index (χ0v) is 8.09. The highest BCUT2D eigenvalue weighted by Crippen LogP contribution is 1.74. The molecule has 0 saturated carbocycles. The normalized spacial score (nSPS) is 9.67. The molecule has 3 heteroatoms. The fourth-order valence-electron chi connectivity index (χ4n) is 0.531. The first-order valence-corrected chi connectivity index (χ1v) is 3.94. The van der Waals surface area contributed by atoms with Crippen LogP contribution in [-0.4, -0.2) is 52.5 Å². The van der Waals surface area contributed by atoms with Crippen LogP contribution in [0, 0.1) is 11.8 Å². The van der Waals surface area contributed by atoms with Gasteiger partial charge < -0.3 is 9.47 Å². The predicted octanol–water partition coefficient (Wildman–Crippen LogP) is 0.214. The van der Waals surface area contributed by atoms with Crippen LogP contribution in [0.2, 0.25) is 0 Å². The van der Waals surface area contributed by atoms with Gasteiger partial charge in [-0.2, -0.15) is 0 Å². The Bertz CT molecular complexity index is 146. The van der Waals surface area contributed by atoms with Crippen LogP contribution >= 0.6 is 0 Å². The van der Waals surface area contributed by atoms with E-state index in [-0.39, 0.29) is 0 Å². The van der Waals surface area contributed by atoms with Crippen molar-refractivity contribution in [2.75, 3.05) is 47.6 Å². The van der Waals surface area contributed by atoms with E-state index in [0.29, 0.717) is 19.8 Å². The van der Waals surface area contributed by atoms with Gasteiger partial charge in [0.15, 0.2) is 0 Å². The maximum atomic E-state index is 5.14. The summed E-state index contributed by atoms with van der Waals surface area (Å²) >= 11 is 0. The van der Waals surface area contributed by atoms with Gasteiger partial charge in [0.2, 0.25) is 0 Å². The Morgan fingerprint density at radius 3 is 2.50 bits per heavy atom. The molecule has 0 N–H and O–H groups in total. The van der Waals surface area contributed by atoms with Crippen molar-refractivity contribution in [2.45, 2.75) is 0 Å². The van der Waals surface area contributed by atoms with Gasteiger partial charge in [-0.15, -0.1) is 0 Å². The number of methoxy groups -OCH3 is 1. The molecule has 0 aromatic rings. The van der Waals surface area contributed by atoms with E-state index in [0.717, 1.165) is 6.54 Å². The third-order valence-corrected chi connectivity index (χ3v) is 1.13. The van der Waals surface area contributed by atoms with Crippen LogP contribution in [0.15, 0.2) is 0 Å². The van der Waals surface area contributed by atoms with Crippen molar-refractivity contribution < 1.29 is 9.47 Å². The molecule has 0 aliphatic carbocycles. The van der Waals surface area contributed by atoms with Crippen molar-refractivity contribution in [3.05, 3.63) is 0 Å². The fraction of sp³-hybridized carbons (Fsp3) is 0.778. The average Bonchev–Trinajstić information content (AvgIpc) is 2.02. The third-order valence-electron chi connectivity index (χ3n) is 1.13. The lowest BCUT2D eigenvalue weighted by Gasteiger charge is -2.01. The Morgan fingerprint density at radius 2 is 1.92 bits per heavy atom. The van der Waals surface area contributed by atoms with Crippen molar-refractivity contribution in [1.29, 1.82) is 0 Å². The van der Waals surface area contributed by atoms with Gasteiger partial charge in [0.05, 0.1) is 19.8 Å². The molecule has 70 valence electrons. The smallest absolute Gasteiger partial charge is 0.107 e. The highest BCUT2D eigenvalue weighted by Gasteiger charge is 1.83. The van der Waals surface area contributed by atoms with E-state index in [4.69, 9.17) is 9.47 Å². The van der Waals surface area contributed by atoms with Crippen molar-refractivity contribution >= 4 is 0 Å². The van der Waals surface area contributed by atoms with Crippen LogP contribution in [0.4, 0.5) is 0 Å². The predicted molar refractivity (Wildman–Crippen MR) is 49.0 cm³/mol. The van der Waals surface area contributed by atoms with Gasteiger partial charge in [0, 0.05) is 7.11 Å². The molecule has 0 aliphatic heterocycles. The number of ether oxygens (including phenoxy) is 2. The molecular formula is C9H17NO2. The van der Waals surface area contributed by atoms with Gasteiger partial charge in [-0.25, -0.2) is 0 Å². The van der Waals surface area contributed by atoms with Crippen LogP contribution < -0.4 is 0 Å². The molecule has 0 amide bonds. The quantitative estimate of drug-likeness (QED) is 0.436. The molecule has 0 rings (SSSR count). The number of rotatable bonds is 5. The maximum Gasteiger partial charge on any atom is 0.107 e. The van der Waals surface area contributed by atoms with Crippen molar-refractivity contribution in [3.8, 4) is 11.8 Å². The van der Waals surface area contributed by atoms with E-state index in [1.165, 1.54) is 0 Å². The Kier molecular flexibility index (Phi) is 8.14. The summed E-state index contributed by atoms with van der Waals surface area (Å²) in [4.78, 5) is 2.02. The Labute approximate surface area is 74.6 Å². The molecule has 0 atom stereocenters. The van der Waals surface area contributed by atoms with Crippen LogP contribution in [0.3, 0.4) is 0 Å². The molecule has 0 unspecified atom stereocenters. The molecule has 0 radical (unpaired) electrons. The van der Waals surface area contributed by atoms with Gasteiger partial charge in [0.25, 0.3) is 0 Å². The summed E-state index contributed by atoms with van der Waals surface area (Å²) in [6.07, 6.45) is 0. The minimum atomic E-state index is 0.497. The lowest BCUT2D eigenvalue weighted by atomic mass is 10.5. The lowest BCUT2D eigenvalue weighted by Crippen LogP contribution is -2.11. The average molecular weight is 171 g/mol. The van der Waals surface area contributed by atoms with Crippen LogP contribution in [0.1, 0.15) is 0 Å². The molecular weight excluding hydrogens is 154 g/mol. The molecule has 0 aliphatic rings. The van der Waals surface area contributed by atoms with Gasteiger partial charge in [-0.3, -0.25) is 4.90 Å². The SMILES string of the molecule is COCCOCC#CCN(C)C. The first kappa shape index (κ1) is 11.4. The first-order valence-electron chi connectivity index (χ1n) is 3.94. The fourth-order valence-corrected chi connectivity index (χ4v) is 0.531. The largest absolute Gasteiger partial charge is 0.382 e. The second-order valence-electron chi connectivity index (χ2n) is 2.64. The Balaban J connectivity index is 3.10. The second kappa shape index (κ2) is 8.54. The summed E-state index contributed by atoms with van der Waals surface area (Å²) in [5.74, 6) is 5.88. The Morgan fingerprint density at radius 1 is 1.17 bits per heavy atom. The molecule has 12 heavy (non-hydrogen) atoms. The molecule has 0 spiro atoms. The third kappa shape index (κ3) is 9.44. The molecule has 0 heterocycles. The van der Waals surface area contributed by atoms with Crippen molar-refractivity contribution in [3.63, 3.8) is 0 Å². The topological polar surface area (TPSA) is 21.7 Å². The van der Waals surface area contributed by atoms with E-state index in [1.807, 2.05) is 19.0 Å². The van der Waals surface area contributed by atoms with Crippen LogP contribution in [0.5, 0.6) is 0 Å². The van der Waals surface area contributed by atoms with Gasteiger partial charge in [0.1, 0.15) is 6.61 Å². The summed E-state index contributed by atoms with van der Waals surface area (Å²) in [7, 11) is 5.63. The molecule has 0 aromatic carbocycles. The molecule has 3 nitrogen and oxygen atoms in total. The molecule has 0 fully saturated rings. The molecule has 0 saturated heterocycles. The van der Waals surface area contributed by atoms with E-state index in [2.05, 4.69) is 11.8 Å². The zero-order valence-electron chi connectivity index (χ0n) is 8.09. The highest BCUT2D eigenvalue weighted by molar-refractivity contribution is 5.00. The van der Waals surface area contributed by atoms with Gasteiger partial charge in [-0.1, -0.05) is 11.8 Å². The van der Waals surface area contributed by atoms with E-state index < -0.39 is 0 Å². The number of hydrogen-bond donors (Lipinski definition) is 0. The summed E-state index contributed by atoms with van der Waals surface area (Å²) < 4.78 is 9.94. The second-order valence-corrected chi connectivity index (χ2v) is 2.64. The van der Waals surface area contributed by atoms with Gasteiger partial charge in [-0.05, 0) is 14.1 Å². The van der Waals surface area contributed by atoms with E-state index in [1.54, 1.807) is 7.11 Å². The van der Waals surface area contributed by atoms with Gasteiger partial charge >= 0.3 is 0 Å². The van der Waals surface area contributed by atoms with Crippen molar-refractivity contribution in [2.24, 2.45) is 0 Å². The maximum absolute atomic E-state index is 5.14. The monoisotopic (exact) mass is 171 g/mol. The van der Waals surface area contributed by atoms with E-state index in [9.17, 15) is 0 Å². The molecule has 0 bridgehead atoms. The van der Waals surface area contributed by atoms with Crippen LogP contribution in [-0.2, 0) is 9.47 Å². The highest BCUT2D eigenvalue weighted by atomic mass is 16.5. The first-order chi connectivity index (χ1) is 5.77. The number of nitrogens with zero attached hydrogens (tertiary/aromatic N) is 1. The van der Waals surface area contributed by atoms with Crippen molar-refractivity contribution in [1.82, 2.24) is 4.90 Å². The standard InChI is InChI=1S/C9H17NO2/c1-10(2)6-4-5-7-12-9-8-11-3/h6-9H2,1-3H3. The van der Waals surface area contributed by atoms with Crippen LogP contribution in [0.25, 0.3) is 0 Å². The minimum absolute atomic E-state index is 0.497. The molecule has 0 aromatic heterocycles. The number of hydrogen-bond acceptors (Lipinski definition) is 3. The lowest BCUT2D eigenvalue weighted by molar-refractivity contribution is 0.0877. The summed E-state index contributed by atoms with van der Waals surface area (Å²) in [5.41, 5.74) is 0.